The molecule has 0 aliphatic rings. The van der Waals surface area contributed by atoms with Crippen LogP contribution in [0.4, 0.5) is 0 Å². The van der Waals surface area contributed by atoms with Crippen LogP contribution in [-0.4, -0.2) is 9.55 Å². The molecule has 0 atom stereocenters. The minimum Gasteiger partial charge on any atom is -0.309 e. The highest BCUT2D eigenvalue weighted by atomic mass is 16.1. The molecule has 1 aromatic carbocycles. The first-order chi connectivity index (χ1) is 8.72. The number of hydrogen-bond donors (Lipinski definition) is 0. The molecule has 0 bridgehead atoms. The molecule has 0 fully saturated rings. The maximum atomic E-state index is 11.8. The molecule has 3 aromatic rings. The van der Waals surface area contributed by atoms with E-state index in [4.69, 9.17) is 0 Å². The molecule has 0 saturated heterocycles. The Hall–Kier alpha value is -2.16. The van der Waals surface area contributed by atoms with Crippen LogP contribution in [0.3, 0.4) is 0 Å². The van der Waals surface area contributed by atoms with Crippen LogP contribution in [0.5, 0.6) is 0 Å². The lowest BCUT2D eigenvalue weighted by Gasteiger charge is -2.10. The summed E-state index contributed by atoms with van der Waals surface area (Å²) in [7, 11) is 0. The number of benzene rings is 1. The van der Waals surface area contributed by atoms with Crippen molar-refractivity contribution in [2.75, 3.05) is 0 Å². The number of hydrogen-bond acceptors (Lipinski definition) is 2. The second-order valence-corrected chi connectivity index (χ2v) is 4.44. The predicted octanol–water partition coefficient (Wildman–Crippen LogP) is 2.88. The van der Waals surface area contributed by atoms with E-state index in [9.17, 15) is 4.79 Å². The van der Waals surface area contributed by atoms with E-state index < -0.39 is 0 Å². The van der Waals surface area contributed by atoms with Gasteiger partial charge in [-0.15, -0.1) is 0 Å². The van der Waals surface area contributed by atoms with Gasteiger partial charge in [0.1, 0.15) is 0 Å². The van der Waals surface area contributed by atoms with Gasteiger partial charge in [-0.05, 0) is 43.7 Å². The molecule has 0 aliphatic carbocycles. The van der Waals surface area contributed by atoms with Crippen LogP contribution in [0.2, 0.25) is 0 Å². The Morgan fingerprint density at radius 2 is 2.00 bits per heavy atom. The number of aryl methyl sites for hydroxylation is 2. The van der Waals surface area contributed by atoms with Gasteiger partial charge in [0.05, 0.1) is 11.0 Å². The van der Waals surface area contributed by atoms with E-state index in [2.05, 4.69) is 11.9 Å². The van der Waals surface area contributed by atoms with Crippen LogP contribution >= 0.6 is 0 Å². The van der Waals surface area contributed by atoms with Gasteiger partial charge in [-0.1, -0.05) is 0 Å². The van der Waals surface area contributed by atoms with Gasteiger partial charge in [-0.25, -0.2) is 0 Å². The van der Waals surface area contributed by atoms with Crippen LogP contribution < -0.4 is 5.56 Å². The first-order valence-electron chi connectivity index (χ1n) is 6.10. The number of aromatic nitrogens is 2. The fourth-order valence-corrected chi connectivity index (χ4v) is 2.53. The van der Waals surface area contributed by atoms with Crippen LogP contribution in [0.25, 0.3) is 21.8 Å². The summed E-state index contributed by atoms with van der Waals surface area (Å²) in [5.74, 6) is 0. The summed E-state index contributed by atoms with van der Waals surface area (Å²) in [6.07, 6.45) is 1.82. The lowest BCUT2D eigenvalue weighted by Crippen LogP contribution is -2.18. The van der Waals surface area contributed by atoms with Gasteiger partial charge in [0, 0.05) is 29.6 Å². The van der Waals surface area contributed by atoms with Gasteiger partial charge >= 0.3 is 0 Å². The normalized spacial score (nSPS) is 11.2. The van der Waals surface area contributed by atoms with Crippen molar-refractivity contribution in [2.45, 2.75) is 20.4 Å². The lowest BCUT2D eigenvalue weighted by atomic mass is 10.0. The van der Waals surface area contributed by atoms with Gasteiger partial charge < -0.3 is 4.57 Å². The van der Waals surface area contributed by atoms with E-state index >= 15 is 0 Å². The van der Waals surface area contributed by atoms with Crippen molar-refractivity contribution in [1.29, 1.82) is 0 Å². The molecule has 0 N–H and O–H groups in total. The minimum absolute atomic E-state index is 0.0471. The molecule has 3 rings (SSSR count). The molecular weight excluding hydrogens is 224 g/mol. The summed E-state index contributed by atoms with van der Waals surface area (Å²) in [6.45, 7) is 4.74. The van der Waals surface area contributed by atoms with Gasteiger partial charge in [0.15, 0.2) is 0 Å². The van der Waals surface area contributed by atoms with Crippen molar-refractivity contribution in [3.05, 3.63) is 52.4 Å². The van der Waals surface area contributed by atoms with E-state index in [0.29, 0.717) is 6.54 Å². The Balaban J connectivity index is 2.60. The number of pyridine rings is 2. The van der Waals surface area contributed by atoms with Crippen LogP contribution in [-0.2, 0) is 6.54 Å². The number of fused-ring (bicyclic) bond motifs is 3. The summed E-state index contributed by atoms with van der Waals surface area (Å²) in [5, 5.41) is 2.23. The third kappa shape index (κ3) is 1.44. The standard InChI is InChI=1S/C15H14N2O/c1-3-17-13-6-5-12-15(10(2)8-9-16-12)11(13)4-7-14(17)18/h4-9H,3H2,1-2H3. The van der Waals surface area contributed by atoms with Crippen molar-refractivity contribution in [2.24, 2.45) is 0 Å². The summed E-state index contributed by atoms with van der Waals surface area (Å²) in [6, 6.07) is 9.51. The molecule has 3 nitrogen and oxygen atoms in total. The van der Waals surface area contributed by atoms with Crippen molar-refractivity contribution < 1.29 is 0 Å². The molecule has 90 valence electrons. The molecule has 0 aliphatic heterocycles. The number of nitrogens with zero attached hydrogens (tertiary/aromatic N) is 2. The van der Waals surface area contributed by atoms with Gasteiger partial charge in [0.25, 0.3) is 5.56 Å². The fourth-order valence-electron chi connectivity index (χ4n) is 2.53. The van der Waals surface area contributed by atoms with Crippen molar-refractivity contribution in [3.8, 4) is 0 Å². The lowest BCUT2D eigenvalue weighted by molar-refractivity contribution is 0.760. The van der Waals surface area contributed by atoms with Crippen LogP contribution in [0, 0.1) is 6.92 Å². The average Bonchev–Trinajstić information content (AvgIpc) is 2.38. The van der Waals surface area contributed by atoms with E-state index in [1.165, 1.54) is 5.56 Å². The van der Waals surface area contributed by atoms with Gasteiger partial charge in [-0.2, -0.15) is 0 Å². The predicted molar refractivity (Wildman–Crippen MR) is 73.9 cm³/mol. The third-order valence-electron chi connectivity index (χ3n) is 3.40. The highest BCUT2D eigenvalue weighted by Gasteiger charge is 2.07. The molecule has 3 heteroatoms. The largest absolute Gasteiger partial charge is 0.309 e. The molecule has 2 aromatic heterocycles. The molecule has 0 spiro atoms. The topological polar surface area (TPSA) is 34.9 Å². The molecule has 0 unspecified atom stereocenters. The van der Waals surface area contributed by atoms with Gasteiger partial charge in [-0.3, -0.25) is 9.78 Å². The minimum atomic E-state index is 0.0471. The Morgan fingerprint density at radius 1 is 1.17 bits per heavy atom. The summed E-state index contributed by atoms with van der Waals surface area (Å²) < 4.78 is 1.79. The zero-order valence-corrected chi connectivity index (χ0v) is 10.5. The second-order valence-electron chi connectivity index (χ2n) is 4.44. The summed E-state index contributed by atoms with van der Waals surface area (Å²) in [4.78, 5) is 16.2. The number of rotatable bonds is 1. The summed E-state index contributed by atoms with van der Waals surface area (Å²) >= 11 is 0. The second kappa shape index (κ2) is 3.95. The maximum Gasteiger partial charge on any atom is 0.251 e. The Kier molecular flexibility index (Phi) is 2.40. The van der Waals surface area contributed by atoms with E-state index in [0.717, 1.165) is 21.8 Å². The Morgan fingerprint density at radius 3 is 2.78 bits per heavy atom. The monoisotopic (exact) mass is 238 g/mol. The van der Waals surface area contributed by atoms with Crippen molar-refractivity contribution >= 4 is 21.8 Å². The van der Waals surface area contributed by atoms with Crippen LogP contribution in [0.1, 0.15) is 12.5 Å². The quantitative estimate of drug-likeness (QED) is 0.611. The van der Waals surface area contributed by atoms with Crippen molar-refractivity contribution in [3.63, 3.8) is 0 Å². The summed E-state index contributed by atoms with van der Waals surface area (Å²) in [5.41, 5.74) is 3.19. The SMILES string of the molecule is CCn1c(=O)ccc2c3c(C)ccnc3ccc21. The average molecular weight is 238 g/mol. The molecule has 0 saturated carbocycles. The molecular formula is C15H14N2O. The van der Waals surface area contributed by atoms with Crippen molar-refractivity contribution in [1.82, 2.24) is 9.55 Å². The van der Waals surface area contributed by atoms with E-state index in [1.807, 2.05) is 37.4 Å². The first-order valence-corrected chi connectivity index (χ1v) is 6.10. The Labute approximate surface area is 105 Å². The highest BCUT2D eigenvalue weighted by Crippen LogP contribution is 2.25. The smallest absolute Gasteiger partial charge is 0.251 e. The zero-order valence-electron chi connectivity index (χ0n) is 10.5. The van der Waals surface area contributed by atoms with E-state index in [-0.39, 0.29) is 5.56 Å². The fraction of sp³-hybridized carbons (Fsp3) is 0.200. The molecule has 2 heterocycles. The van der Waals surface area contributed by atoms with E-state index in [1.54, 1.807) is 10.6 Å². The molecule has 0 amide bonds. The Bertz CT molecular complexity index is 803. The third-order valence-corrected chi connectivity index (χ3v) is 3.40. The molecule has 18 heavy (non-hydrogen) atoms. The zero-order chi connectivity index (χ0) is 12.7. The van der Waals surface area contributed by atoms with Crippen LogP contribution in [0.15, 0.2) is 41.3 Å². The van der Waals surface area contributed by atoms with Gasteiger partial charge in [0.2, 0.25) is 0 Å². The maximum absolute atomic E-state index is 11.8. The molecule has 0 radical (unpaired) electrons. The highest BCUT2D eigenvalue weighted by molar-refractivity contribution is 6.06. The first kappa shape index (κ1) is 11.0.